The monoisotopic (exact) mass is 485 g/mol. The fourth-order valence-electron chi connectivity index (χ4n) is 3.71. The summed E-state index contributed by atoms with van der Waals surface area (Å²) in [5.41, 5.74) is 2.87. The van der Waals surface area contributed by atoms with Gasteiger partial charge in [0.1, 0.15) is 5.75 Å². The number of piperazine rings is 1. The summed E-state index contributed by atoms with van der Waals surface area (Å²) in [6.07, 6.45) is 13.5. The van der Waals surface area contributed by atoms with E-state index in [-0.39, 0.29) is 23.0 Å². The minimum Gasteiger partial charge on any atom is -0.860 e. The Labute approximate surface area is 208 Å². The van der Waals surface area contributed by atoms with E-state index in [1.165, 1.54) is 5.69 Å². The predicted molar refractivity (Wildman–Crippen MR) is 130 cm³/mol. The molecule has 0 atom stereocenters. The molecule has 0 aromatic heterocycles. The number of para-hydroxylation sites is 2. The number of terminal acetylenes is 1. The number of hydrogen-bond acceptors (Lipinski definition) is 5. The molecule has 0 saturated carbocycles. The number of allylic oxidation sites excluding steroid dienone is 5. The number of hydrogen-bond donors (Lipinski definition) is 1. The van der Waals surface area contributed by atoms with Gasteiger partial charge in [-0.1, -0.05) is 36.4 Å². The van der Waals surface area contributed by atoms with Gasteiger partial charge < -0.3 is 20.1 Å². The zero-order chi connectivity index (χ0) is 22.6. The van der Waals surface area contributed by atoms with E-state index >= 15 is 0 Å². The quantitative estimate of drug-likeness (QED) is 0.215. The summed E-state index contributed by atoms with van der Waals surface area (Å²) in [5, 5.41) is 14.9. The molecule has 2 aliphatic rings. The second-order valence-electron chi connectivity index (χ2n) is 7.60. The Hall–Kier alpha value is -2.97. The third kappa shape index (κ3) is 8.14. The van der Waals surface area contributed by atoms with Crippen molar-refractivity contribution in [2.75, 3.05) is 51.3 Å². The van der Waals surface area contributed by atoms with Crippen molar-refractivity contribution in [3.05, 3.63) is 89.9 Å². The summed E-state index contributed by atoms with van der Waals surface area (Å²) in [6.45, 7) is 5.81. The average Bonchev–Trinajstić information content (AvgIpc) is 3.57. The van der Waals surface area contributed by atoms with Gasteiger partial charge in [0.05, 0.1) is 12.8 Å². The average molecular weight is 485 g/mol. The summed E-state index contributed by atoms with van der Waals surface area (Å²) in [4.78, 5) is 4.84. The van der Waals surface area contributed by atoms with Crippen molar-refractivity contribution in [3.63, 3.8) is 0 Å². The molecule has 2 aromatic carbocycles. The van der Waals surface area contributed by atoms with Crippen LogP contribution >= 0.6 is 0 Å². The van der Waals surface area contributed by atoms with E-state index in [0.717, 1.165) is 62.6 Å². The van der Waals surface area contributed by atoms with Gasteiger partial charge in [0.2, 0.25) is 0 Å². The van der Waals surface area contributed by atoms with Crippen LogP contribution < -0.4 is 20.1 Å². The van der Waals surface area contributed by atoms with E-state index in [0.29, 0.717) is 0 Å². The van der Waals surface area contributed by atoms with Crippen molar-refractivity contribution in [1.29, 1.82) is 0 Å². The van der Waals surface area contributed by atoms with Gasteiger partial charge in [-0.05, 0) is 36.6 Å². The molecule has 1 fully saturated rings. The third-order valence-corrected chi connectivity index (χ3v) is 5.49. The Morgan fingerprint density at radius 3 is 2.45 bits per heavy atom. The Morgan fingerprint density at radius 1 is 1.12 bits per heavy atom. The molecule has 0 amide bonds. The molecule has 1 saturated heterocycles. The van der Waals surface area contributed by atoms with Gasteiger partial charge in [-0.25, -0.2) is 0 Å². The Kier molecular flexibility index (Phi) is 11.3. The van der Waals surface area contributed by atoms with Gasteiger partial charge in [0, 0.05) is 32.7 Å². The van der Waals surface area contributed by atoms with E-state index in [4.69, 9.17) is 11.2 Å². The van der Waals surface area contributed by atoms with Crippen molar-refractivity contribution in [3.8, 4) is 18.1 Å². The number of anilines is 1. The summed E-state index contributed by atoms with van der Waals surface area (Å²) in [5.74, 6) is 3.46. The number of nitrogens with zero attached hydrogens (tertiary/aromatic N) is 2. The van der Waals surface area contributed by atoms with Crippen LogP contribution in [0.5, 0.6) is 5.75 Å². The molecular formula is C27H31FeN3O2. The van der Waals surface area contributed by atoms with Crippen LogP contribution in [0.3, 0.4) is 0 Å². The van der Waals surface area contributed by atoms with Crippen LogP contribution in [-0.2, 0) is 17.1 Å². The molecule has 0 unspecified atom stereocenters. The number of benzene rings is 1. The first-order valence-corrected chi connectivity index (χ1v) is 11.0. The molecule has 1 aliphatic heterocycles. The van der Waals surface area contributed by atoms with Crippen LogP contribution in [0.2, 0.25) is 0 Å². The number of nitrogens with one attached hydrogen (secondary N) is 1. The largest absolute Gasteiger partial charge is 2.00 e. The first-order chi connectivity index (χ1) is 15.7. The molecule has 1 heterocycles. The SMILES string of the molecule is C#Cc1ccc[cH-]1.COc1ccccc1N1CCN(CCCNC([O-])=C2C=CC=C2)CC1.[Fe+2]. The summed E-state index contributed by atoms with van der Waals surface area (Å²) in [7, 11) is 1.72. The zero-order valence-corrected chi connectivity index (χ0v) is 20.1. The molecule has 6 heteroatoms. The minimum absolute atomic E-state index is 0. The second-order valence-corrected chi connectivity index (χ2v) is 7.60. The molecule has 174 valence electrons. The Balaban J connectivity index is 0.000000413. The second kappa shape index (κ2) is 14.2. The predicted octanol–water partition coefficient (Wildman–Crippen LogP) is 2.88. The van der Waals surface area contributed by atoms with Crippen molar-refractivity contribution in [2.24, 2.45) is 0 Å². The van der Waals surface area contributed by atoms with Crippen LogP contribution in [0.1, 0.15) is 12.0 Å². The van der Waals surface area contributed by atoms with Gasteiger partial charge in [0.25, 0.3) is 0 Å². The van der Waals surface area contributed by atoms with Gasteiger partial charge >= 0.3 is 17.1 Å². The van der Waals surface area contributed by atoms with E-state index in [2.05, 4.69) is 33.2 Å². The van der Waals surface area contributed by atoms with Crippen LogP contribution in [0.4, 0.5) is 5.69 Å². The minimum atomic E-state index is 0. The van der Waals surface area contributed by atoms with Crippen LogP contribution in [0, 0.1) is 12.3 Å². The molecule has 1 aliphatic carbocycles. The van der Waals surface area contributed by atoms with E-state index in [1.54, 1.807) is 7.11 Å². The van der Waals surface area contributed by atoms with Crippen molar-refractivity contribution in [2.45, 2.75) is 6.42 Å². The van der Waals surface area contributed by atoms with Gasteiger partial charge in [0.15, 0.2) is 0 Å². The molecule has 5 nitrogen and oxygen atoms in total. The molecule has 4 rings (SSSR count). The molecule has 2 aromatic rings. The summed E-state index contributed by atoms with van der Waals surface area (Å²) in [6, 6.07) is 15.8. The Bertz CT molecular complexity index is 952. The molecule has 1 N–H and O–H groups in total. The van der Waals surface area contributed by atoms with Crippen molar-refractivity contribution in [1.82, 2.24) is 10.2 Å². The topological polar surface area (TPSA) is 50.8 Å². The first kappa shape index (κ1) is 26.3. The van der Waals surface area contributed by atoms with Crippen molar-refractivity contribution < 1.29 is 26.9 Å². The standard InChI is InChI=1S/C20H27N3O2.C7H5.Fe/c1-25-19-10-5-4-9-18(19)23-15-13-22(14-16-23)12-6-11-21-20(24)17-7-2-3-8-17;1-2-7-5-3-4-6-7;/h2-5,7-10,21,24H,6,11-16H2,1H3;1,3-6H;/q;-1;+2/p-1. The summed E-state index contributed by atoms with van der Waals surface area (Å²) < 4.78 is 5.46. The molecule has 0 radical (unpaired) electrons. The first-order valence-electron chi connectivity index (χ1n) is 11.0. The van der Waals surface area contributed by atoms with Gasteiger partial charge in [-0.3, -0.25) is 4.90 Å². The smallest absolute Gasteiger partial charge is 0.860 e. The van der Waals surface area contributed by atoms with Crippen molar-refractivity contribution >= 4 is 5.69 Å². The Morgan fingerprint density at radius 2 is 1.85 bits per heavy atom. The maximum Gasteiger partial charge on any atom is 2.00 e. The number of methoxy groups -OCH3 is 1. The fourth-order valence-corrected chi connectivity index (χ4v) is 3.71. The van der Waals surface area contributed by atoms with E-state index in [9.17, 15) is 5.11 Å². The van der Waals surface area contributed by atoms with Gasteiger partial charge in [-0.2, -0.15) is 30.5 Å². The molecule has 0 bridgehead atoms. The normalized spacial score (nSPS) is 14.7. The maximum atomic E-state index is 11.9. The maximum absolute atomic E-state index is 11.9. The number of rotatable bonds is 7. The zero-order valence-electron chi connectivity index (χ0n) is 19.0. The van der Waals surface area contributed by atoms with E-state index < -0.39 is 0 Å². The molecular weight excluding hydrogens is 454 g/mol. The fraction of sp³-hybridized carbons (Fsp3) is 0.296. The van der Waals surface area contributed by atoms with Gasteiger partial charge in [-0.15, -0.1) is 11.6 Å². The van der Waals surface area contributed by atoms with Crippen LogP contribution in [0.15, 0.2) is 84.3 Å². The summed E-state index contributed by atoms with van der Waals surface area (Å²) >= 11 is 0. The molecule has 33 heavy (non-hydrogen) atoms. The van der Waals surface area contributed by atoms with Crippen LogP contribution in [0.25, 0.3) is 0 Å². The molecule has 0 spiro atoms. The number of ether oxygens (including phenoxy) is 1. The third-order valence-electron chi connectivity index (χ3n) is 5.49. The van der Waals surface area contributed by atoms with Crippen LogP contribution in [-0.4, -0.2) is 51.3 Å². The van der Waals surface area contributed by atoms with E-state index in [1.807, 2.05) is 60.7 Å².